The molecule has 0 unspecified atom stereocenters. The van der Waals surface area contributed by atoms with Crippen molar-refractivity contribution < 1.29 is 22.7 Å². The second kappa shape index (κ2) is 10.2. The molecule has 172 valence electrons. The minimum absolute atomic E-state index is 0.0940. The van der Waals surface area contributed by atoms with Crippen molar-refractivity contribution in [2.24, 2.45) is 0 Å². The summed E-state index contributed by atoms with van der Waals surface area (Å²) in [4.78, 5) is 13.6. The summed E-state index contributed by atoms with van der Waals surface area (Å²) in [7, 11) is -2.24. The number of sulfonamides is 1. The minimum atomic E-state index is -3.72. The standard InChI is InChI=1S/C25H26N2O5S/c1-31-23-13-12-21(33(29,30)27-14-16-32-17-15-27)18-22(23)26-25(28)24(19-8-4-2-5-9-19)20-10-6-3-7-11-20/h2-13,18,24H,14-17H2,1H3,(H,26,28). The maximum atomic E-state index is 13.5. The zero-order valence-corrected chi connectivity index (χ0v) is 19.1. The molecule has 3 aromatic carbocycles. The van der Waals surface area contributed by atoms with Crippen LogP contribution in [0.3, 0.4) is 0 Å². The molecule has 1 aliphatic rings. The quantitative estimate of drug-likeness (QED) is 0.576. The van der Waals surface area contributed by atoms with Gasteiger partial charge in [0, 0.05) is 13.1 Å². The smallest absolute Gasteiger partial charge is 0.243 e. The van der Waals surface area contributed by atoms with Crippen molar-refractivity contribution in [2.45, 2.75) is 10.8 Å². The van der Waals surface area contributed by atoms with Crippen molar-refractivity contribution in [3.63, 3.8) is 0 Å². The van der Waals surface area contributed by atoms with Crippen LogP contribution in [-0.2, 0) is 19.6 Å². The van der Waals surface area contributed by atoms with E-state index in [9.17, 15) is 13.2 Å². The number of methoxy groups -OCH3 is 1. The molecule has 1 aliphatic heterocycles. The topological polar surface area (TPSA) is 84.9 Å². The lowest BCUT2D eigenvalue weighted by atomic mass is 9.90. The van der Waals surface area contributed by atoms with Crippen LogP contribution in [0, 0.1) is 0 Å². The van der Waals surface area contributed by atoms with Crippen LogP contribution in [0.15, 0.2) is 83.8 Å². The lowest BCUT2D eigenvalue weighted by Crippen LogP contribution is -2.40. The van der Waals surface area contributed by atoms with Gasteiger partial charge in [0.1, 0.15) is 5.75 Å². The summed E-state index contributed by atoms with van der Waals surface area (Å²) in [6.07, 6.45) is 0. The first-order valence-electron chi connectivity index (χ1n) is 10.7. The van der Waals surface area contributed by atoms with Gasteiger partial charge in [-0.15, -0.1) is 0 Å². The largest absolute Gasteiger partial charge is 0.495 e. The number of anilines is 1. The van der Waals surface area contributed by atoms with Gasteiger partial charge in [0.15, 0.2) is 0 Å². The van der Waals surface area contributed by atoms with Crippen molar-refractivity contribution in [3.8, 4) is 5.75 Å². The third kappa shape index (κ3) is 5.08. The van der Waals surface area contributed by atoms with E-state index in [-0.39, 0.29) is 10.8 Å². The van der Waals surface area contributed by atoms with Crippen molar-refractivity contribution in [1.29, 1.82) is 0 Å². The van der Waals surface area contributed by atoms with Gasteiger partial charge in [-0.05, 0) is 29.3 Å². The van der Waals surface area contributed by atoms with Crippen LogP contribution >= 0.6 is 0 Å². The molecule has 0 atom stereocenters. The Morgan fingerprint density at radius 1 is 0.939 bits per heavy atom. The van der Waals surface area contributed by atoms with Crippen LogP contribution in [0.25, 0.3) is 0 Å². The highest BCUT2D eigenvalue weighted by Gasteiger charge is 2.28. The van der Waals surface area contributed by atoms with Gasteiger partial charge >= 0.3 is 0 Å². The summed E-state index contributed by atoms with van der Waals surface area (Å²) in [6.45, 7) is 1.30. The summed E-state index contributed by atoms with van der Waals surface area (Å²) < 4.78 is 38.3. The molecule has 0 saturated carbocycles. The Balaban J connectivity index is 1.68. The Morgan fingerprint density at radius 2 is 1.52 bits per heavy atom. The molecule has 1 amide bonds. The molecule has 1 saturated heterocycles. The van der Waals surface area contributed by atoms with Crippen molar-refractivity contribution in [3.05, 3.63) is 90.0 Å². The number of rotatable bonds is 7. The molecule has 1 fully saturated rings. The number of nitrogens with zero attached hydrogens (tertiary/aromatic N) is 1. The number of benzene rings is 3. The van der Waals surface area contributed by atoms with E-state index in [0.29, 0.717) is 37.7 Å². The van der Waals surface area contributed by atoms with E-state index in [4.69, 9.17) is 9.47 Å². The van der Waals surface area contributed by atoms with E-state index in [1.165, 1.54) is 23.5 Å². The summed E-state index contributed by atoms with van der Waals surface area (Å²) in [6, 6.07) is 23.4. The van der Waals surface area contributed by atoms with Gasteiger partial charge < -0.3 is 14.8 Å². The van der Waals surface area contributed by atoms with Crippen molar-refractivity contribution in [1.82, 2.24) is 4.31 Å². The van der Waals surface area contributed by atoms with Gasteiger partial charge in [-0.3, -0.25) is 4.79 Å². The van der Waals surface area contributed by atoms with Gasteiger partial charge in [-0.1, -0.05) is 60.7 Å². The van der Waals surface area contributed by atoms with Gasteiger partial charge in [0.2, 0.25) is 15.9 Å². The lowest BCUT2D eigenvalue weighted by molar-refractivity contribution is -0.116. The zero-order chi connectivity index (χ0) is 23.3. The Kier molecular flexibility index (Phi) is 7.08. The highest BCUT2D eigenvalue weighted by atomic mass is 32.2. The Labute approximate surface area is 194 Å². The molecule has 0 aliphatic carbocycles. The van der Waals surface area contributed by atoms with Crippen molar-refractivity contribution in [2.75, 3.05) is 38.7 Å². The molecule has 7 nitrogen and oxygen atoms in total. The molecule has 1 N–H and O–H groups in total. The van der Waals surface area contributed by atoms with Crippen LogP contribution in [0.2, 0.25) is 0 Å². The molecular formula is C25H26N2O5S. The number of carbonyl (C=O) groups excluding carboxylic acids is 1. The van der Waals surface area contributed by atoms with Gasteiger partial charge in [0.05, 0.1) is 36.8 Å². The first-order valence-corrected chi connectivity index (χ1v) is 12.1. The minimum Gasteiger partial charge on any atom is -0.495 e. The molecule has 0 bridgehead atoms. The number of nitrogens with one attached hydrogen (secondary N) is 1. The fourth-order valence-electron chi connectivity index (χ4n) is 3.87. The van der Waals surface area contributed by atoms with Crippen LogP contribution in [-0.4, -0.2) is 52.0 Å². The molecule has 33 heavy (non-hydrogen) atoms. The van der Waals surface area contributed by atoms with E-state index in [2.05, 4.69) is 5.32 Å². The average Bonchev–Trinajstić information content (AvgIpc) is 2.86. The highest BCUT2D eigenvalue weighted by molar-refractivity contribution is 7.89. The Bertz CT molecular complexity index is 1150. The van der Waals surface area contributed by atoms with E-state index >= 15 is 0 Å². The van der Waals surface area contributed by atoms with Crippen LogP contribution in [0.4, 0.5) is 5.69 Å². The maximum absolute atomic E-state index is 13.5. The summed E-state index contributed by atoms with van der Waals surface area (Å²) in [5.74, 6) is -0.479. The zero-order valence-electron chi connectivity index (χ0n) is 18.3. The molecule has 3 aromatic rings. The first kappa shape index (κ1) is 23.0. The predicted octanol–water partition coefficient (Wildman–Crippen LogP) is 3.49. The third-order valence-corrected chi connectivity index (χ3v) is 7.46. The summed E-state index contributed by atoms with van der Waals surface area (Å²) in [5, 5.41) is 2.90. The highest BCUT2D eigenvalue weighted by Crippen LogP contribution is 2.32. The molecule has 1 heterocycles. The van der Waals surface area contributed by atoms with Crippen LogP contribution < -0.4 is 10.1 Å². The number of carbonyl (C=O) groups is 1. The first-order chi connectivity index (χ1) is 16.0. The number of amides is 1. The normalized spacial score (nSPS) is 14.7. The van der Waals surface area contributed by atoms with Gasteiger partial charge in [-0.25, -0.2) is 8.42 Å². The van der Waals surface area contributed by atoms with E-state index < -0.39 is 15.9 Å². The lowest BCUT2D eigenvalue weighted by Gasteiger charge is -2.26. The SMILES string of the molecule is COc1ccc(S(=O)(=O)N2CCOCC2)cc1NC(=O)C(c1ccccc1)c1ccccc1. The van der Waals surface area contributed by atoms with Crippen LogP contribution in [0.5, 0.6) is 5.75 Å². The average molecular weight is 467 g/mol. The molecular weight excluding hydrogens is 440 g/mol. The molecule has 4 rings (SSSR count). The summed E-state index contributed by atoms with van der Waals surface area (Å²) in [5.41, 5.74) is 1.96. The fraction of sp³-hybridized carbons (Fsp3) is 0.240. The molecule has 0 spiro atoms. The number of morpholine rings is 1. The van der Waals surface area contributed by atoms with Crippen LogP contribution in [0.1, 0.15) is 17.0 Å². The predicted molar refractivity (Wildman–Crippen MR) is 126 cm³/mol. The summed E-state index contributed by atoms with van der Waals surface area (Å²) >= 11 is 0. The third-order valence-electron chi connectivity index (χ3n) is 5.56. The Morgan fingerprint density at radius 3 is 2.06 bits per heavy atom. The Hall–Kier alpha value is -3.20. The fourth-order valence-corrected chi connectivity index (χ4v) is 5.31. The van der Waals surface area contributed by atoms with Gasteiger partial charge in [-0.2, -0.15) is 4.31 Å². The van der Waals surface area contributed by atoms with Gasteiger partial charge in [0.25, 0.3) is 0 Å². The maximum Gasteiger partial charge on any atom is 0.243 e. The number of hydrogen-bond acceptors (Lipinski definition) is 5. The van der Waals surface area contributed by atoms with E-state index in [0.717, 1.165) is 11.1 Å². The number of ether oxygens (including phenoxy) is 2. The second-order valence-electron chi connectivity index (χ2n) is 7.62. The molecule has 8 heteroatoms. The number of hydrogen-bond donors (Lipinski definition) is 1. The van der Waals surface area contributed by atoms with E-state index in [1.54, 1.807) is 6.07 Å². The van der Waals surface area contributed by atoms with E-state index in [1.807, 2.05) is 60.7 Å². The molecule has 0 aromatic heterocycles. The second-order valence-corrected chi connectivity index (χ2v) is 9.56. The molecule has 0 radical (unpaired) electrons. The monoisotopic (exact) mass is 466 g/mol. The van der Waals surface area contributed by atoms with Crippen molar-refractivity contribution >= 4 is 21.6 Å².